The number of Topliss-reactive ketones (excluding diaryl/α,β-unsaturated/α-hetero) is 2. The number of rotatable bonds is 14. The fourth-order valence-electron chi connectivity index (χ4n) is 6.23. The number of aromatic nitrogens is 1. The predicted octanol–water partition coefficient (Wildman–Crippen LogP) is 5.21. The number of nitrogens with zero attached hydrogens (tertiary/aromatic N) is 3. The molecule has 1 saturated heterocycles. The molecule has 7 nitrogen and oxygen atoms in total. The molecule has 1 N–H and O–H groups in total. The van der Waals surface area contributed by atoms with Crippen LogP contribution >= 0.6 is 11.3 Å². The van der Waals surface area contributed by atoms with E-state index in [0.717, 1.165) is 73.5 Å². The summed E-state index contributed by atoms with van der Waals surface area (Å²) in [5.41, 5.74) is 2.88. The first-order valence-electron chi connectivity index (χ1n) is 15.5. The lowest BCUT2D eigenvalue weighted by Crippen LogP contribution is -2.46. The fraction of sp³-hybridized carbons (Fsp3) is 0.636. The Morgan fingerprint density at radius 2 is 1.85 bits per heavy atom. The second kappa shape index (κ2) is 15.2. The molecule has 2 fully saturated rings. The van der Waals surface area contributed by atoms with Gasteiger partial charge in [-0.25, -0.2) is 4.98 Å². The van der Waals surface area contributed by atoms with Crippen molar-refractivity contribution in [3.8, 4) is 0 Å². The monoisotopic (exact) mass is 580 g/mol. The Balaban J connectivity index is 1.40. The number of thiazole rings is 1. The van der Waals surface area contributed by atoms with Crippen LogP contribution in [0.25, 0.3) is 10.2 Å². The summed E-state index contributed by atoms with van der Waals surface area (Å²) in [6, 6.07) is 6.24. The third-order valence-electron chi connectivity index (χ3n) is 8.86. The van der Waals surface area contributed by atoms with Gasteiger partial charge in [0, 0.05) is 63.6 Å². The van der Waals surface area contributed by atoms with Gasteiger partial charge in [-0.3, -0.25) is 14.5 Å². The number of hydrogen-bond donors (Lipinski definition) is 1. The highest BCUT2D eigenvalue weighted by Gasteiger charge is 2.30. The van der Waals surface area contributed by atoms with Gasteiger partial charge in [-0.15, -0.1) is 11.3 Å². The van der Waals surface area contributed by atoms with E-state index in [1.54, 1.807) is 18.3 Å². The second-order valence-corrected chi connectivity index (χ2v) is 13.3. The number of aryl methyl sites for hydroxylation is 1. The van der Waals surface area contributed by atoms with Crippen LogP contribution in [-0.4, -0.2) is 78.1 Å². The van der Waals surface area contributed by atoms with Crippen molar-refractivity contribution in [3.63, 3.8) is 0 Å². The Hall–Kier alpha value is -2.42. The molecule has 1 amide bonds. The van der Waals surface area contributed by atoms with Gasteiger partial charge in [0.1, 0.15) is 5.78 Å². The molecule has 2 heterocycles. The van der Waals surface area contributed by atoms with Gasteiger partial charge in [0.05, 0.1) is 21.1 Å². The topological polar surface area (TPSA) is 82.6 Å². The summed E-state index contributed by atoms with van der Waals surface area (Å²) >= 11 is 1.61. The maximum absolute atomic E-state index is 13.7. The van der Waals surface area contributed by atoms with E-state index in [9.17, 15) is 14.4 Å². The van der Waals surface area contributed by atoms with Crippen LogP contribution in [0.5, 0.6) is 0 Å². The lowest BCUT2D eigenvalue weighted by Gasteiger charge is -2.33. The molecule has 0 radical (unpaired) electrons. The molecule has 1 aliphatic carbocycles. The average Bonchev–Trinajstić information content (AvgIpc) is 3.37. The van der Waals surface area contributed by atoms with Crippen molar-refractivity contribution in [2.75, 3.05) is 39.8 Å². The first-order chi connectivity index (χ1) is 19.7. The molecule has 1 saturated carbocycles. The van der Waals surface area contributed by atoms with Crippen LogP contribution in [-0.2, 0) is 27.2 Å². The van der Waals surface area contributed by atoms with Gasteiger partial charge in [0.15, 0.2) is 5.78 Å². The molecule has 4 rings (SSSR count). The summed E-state index contributed by atoms with van der Waals surface area (Å²) in [5, 5.41) is 4.22. The standard InChI is InChI=1S/C33H48N4O3S/c1-5-25-11-12-29-31(20-25)41-32(34-29)21-27(19-24(3)38)33(40)35-28(26-9-7-6-8-10-26)13-14-30(39)23(2)22-37-17-15-36(4)16-18-37/h11-12,20,26-28H,2,5-10,13-19,21-22H2,1,3-4H3,(H,35,40)/t27-,28+/m0/s1. The average molecular weight is 581 g/mol. The third kappa shape index (κ3) is 9.29. The maximum atomic E-state index is 13.7. The Bertz CT molecular complexity index is 1210. The lowest BCUT2D eigenvalue weighted by atomic mass is 9.81. The molecule has 0 unspecified atom stereocenters. The predicted molar refractivity (Wildman–Crippen MR) is 167 cm³/mol. The highest BCUT2D eigenvalue weighted by molar-refractivity contribution is 7.18. The van der Waals surface area contributed by atoms with Gasteiger partial charge in [0.25, 0.3) is 0 Å². The highest BCUT2D eigenvalue weighted by Crippen LogP contribution is 2.30. The first kappa shape index (κ1) is 31.5. The molecule has 2 atom stereocenters. The zero-order valence-electron chi connectivity index (χ0n) is 25.3. The maximum Gasteiger partial charge on any atom is 0.224 e. The van der Waals surface area contributed by atoms with Gasteiger partial charge in [0.2, 0.25) is 5.91 Å². The van der Waals surface area contributed by atoms with Crippen molar-refractivity contribution >= 4 is 39.0 Å². The molecule has 41 heavy (non-hydrogen) atoms. The summed E-state index contributed by atoms with van der Waals surface area (Å²) in [6.45, 7) is 12.4. The van der Waals surface area contributed by atoms with Crippen molar-refractivity contribution in [1.82, 2.24) is 20.1 Å². The van der Waals surface area contributed by atoms with E-state index in [1.165, 1.54) is 12.0 Å². The van der Waals surface area contributed by atoms with E-state index < -0.39 is 5.92 Å². The van der Waals surface area contributed by atoms with E-state index in [4.69, 9.17) is 4.98 Å². The Kier molecular flexibility index (Phi) is 11.7. The van der Waals surface area contributed by atoms with E-state index >= 15 is 0 Å². The summed E-state index contributed by atoms with van der Waals surface area (Å²) in [6.07, 6.45) is 8.28. The first-order valence-corrected chi connectivity index (χ1v) is 16.3. The van der Waals surface area contributed by atoms with Gasteiger partial charge in [-0.05, 0) is 63.3 Å². The van der Waals surface area contributed by atoms with Crippen molar-refractivity contribution < 1.29 is 14.4 Å². The number of benzene rings is 1. The molecule has 8 heteroatoms. The van der Waals surface area contributed by atoms with Crippen LogP contribution in [0, 0.1) is 11.8 Å². The summed E-state index contributed by atoms with van der Waals surface area (Å²) < 4.78 is 1.12. The van der Waals surface area contributed by atoms with Crippen LogP contribution in [0.15, 0.2) is 30.4 Å². The molecule has 224 valence electrons. The van der Waals surface area contributed by atoms with Gasteiger partial charge in [-0.2, -0.15) is 0 Å². The zero-order chi connectivity index (χ0) is 29.4. The van der Waals surface area contributed by atoms with Gasteiger partial charge in [-0.1, -0.05) is 38.8 Å². The molecular weight excluding hydrogens is 532 g/mol. The van der Waals surface area contributed by atoms with Crippen LogP contribution in [0.3, 0.4) is 0 Å². The molecule has 1 aromatic heterocycles. The number of likely N-dealkylation sites (N-methyl/N-ethyl adjacent to an activating group) is 1. The van der Waals surface area contributed by atoms with E-state index in [0.29, 0.717) is 37.3 Å². The molecule has 2 aliphatic rings. The van der Waals surface area contributed by atoms with E-state index in [2.05, 4.69) is 47.8 Å². The third-order valence-corrected chi connectivity index (χ3v) is 9.91. The second-order valence-electron chi connectivity index (χ2n) is 12.2. The minimum absolute atomic E-state index is 0.00382. The summed E-state index contributed by atoms with van der Waals surface area (Å²) in [5.74, 6) is -0.0932. The molecular formula is C33H48N4O3S. The minimum atomic E-state index is -0.465. The largest absolute Gasteiger partial charge is 0.353 e. The van der Waals surface area contributed by atoms with Crippen molar-refractivity contribution in [2.45, 2.75) is 84.1 Å². The summed E-state index contributed by atoms with van der Waals surface area (Å²) in [4.78, 5) is 48.4. The number of carbonyl (C=O) groups excluding carboxylic acids is 3. The van der Waals surface area contributed by atoms with Gasteiger partial charge >= 0.3 is 0 Å². The molecule has 0 bridgehead atoms. The van der Waals surface area contributed by atoms with Crippen LogP contribution in [0.2, 0.25) is 0 Å². The van der Waals surface area contributed by atoms with Crippen LogP contribution in [0.4, 0.5) is 0 Å². The zero-order valence-corrected chi connectivity index (χ0v) is 26.1. The Labute approximate surface area is 249 Å². The Morgan fingerprint density at radius 3 is 2.54 bits per heavy atom. The number of piperazine rings is 1. The molecule has 1 aromatic carbocycles. The molecule has 1 aliphatic heterocycles. The van der Waals surface area contributed by atoms with Gasteiger partial charge < -0.3 is 15.0 Å². The van der Waals surface area contributed by atoms with E-state index in [1.807, 2.05) is 6.07 Å². The van der Waals surface area contributed by atoms with Crippen LogP contribution in [0.1, 0.15) is 75.8 Å². The quantitative estimate of drug-likeness (QED) is 0.309. The molecule has 2 aromatic rings. The SMILES string of the molecule is C=C(CN1CCN(C)CC1)C(=O)CC[C@@H](NC(=O)[C@@H](CC(C)=O)Cc1nc2ccc(CC)cc2s1)C1CCCCC1. The lowest BCUT2D eigenvalue weighted by molar-refractivity contribution is -0.130. The Morgan fingerprint density at radius 1 is 1.12 bits per heavy atom. The number of fused-ring (bicyclic) bond motifs is 1. The minimum Gasteiger partial charge on any atom is -0.353 e. The number of amides is 1. The summed E-state index contributed by atoms with van der Waals surface area (Å²) in [7, 11) is 2.12. The normalized spacial score (nSPS) is 18.7. The number of carbonyl (C=O) groups is 3. The van der Waals surface area contributed by atoms with E-state index in [-0.39, 0.29) is 29.9 Å². The number of nitrogens with one attached hydrogen (secondary N) is 1. The van der Waals surface area contributed by atoms with Crippen molar-refractivity contribution in [2.24, 2.45) is 11.8 Å². The smallest absolute Gasteiger partial charge is 0.224 e. The fourth-order valence-corrected chi connectivity index (χ4v) is 7.34. The molecule has 0 spiro atoms. The number of hydrogen-bond acceptors (Lipinski definition) is 7. The van der Waals surface area contributed by atoms with Crippen molar-refractivity contribution in [1.29, 1.82) is 0 Å². The van der Waals surface area contributed by atoms with Crippen molar-refractivity contribution in [3.05, 3.63) is 40.9 Å². The number of ketones is 2. The highest BCUT2D eigenvalue weighted by atomic mass is 32.1. The van der Waals surface area contributed by atoms with Crippen LogP contribution < -0.4 is 5.32 Å².